The topological polar surface area (TPSA) is 24.5 Å². The molecular formula is C14H21BrN2O. The van der Waals surface area contributed by atoms with Crippen LogP contribution >= 0.6 is 15.9 Å². The molecule has 1 heterocycles. The van der Waals surface area contributed by atoms with E-state index < -0.39 is 0 Å². The van der Waals surface area contributed by atoms with E-state index in [9.17, 15) is 0 Å². The summed E-state index contributed by atoms with van der Waals surface area (Å²) < 4.78 is 6.63. The molecule has 0 amide bonds. The SMILES string of the molecule is CNCC1CCN(C)C1c1cc(Br)ccc1OC. The number of ether oxygens (including phenoxy) is 1. The molecule has 0 spiro atoms. The van der Waals surface area contributed by atoms with Gasteiger partial charge in [-0.25, -0.2) is 0 Å². The summed E-state index contributed by atoms with van der Waals surface area (Å²) in [4.78, 5) is 2.42. The third kappa shape index (κ3) is 2.71. The average Bonchev–Trinajstić information content (AvgIpc) is 2.71. The number of halogens is 1. The maximum Gasteiger partial charge on any atom is 0.123 e. The second-order valence-corrected chi connectivity index (χ2v) is 5.83. The van der Waals surface area contributed by atoms with E-state index in [1.54, 1.807) is 7.11 Å². The summed E-state index contributed by atoms with van der Waals surface area (Å²) in [5.74, 6) is 1.63. The van der Waals surface area contributed by atoms with Crippen molar-refractivity contribution < 1.29 is 4.74 Å². The van der Waals surface area contributed by atoms with Crippen LogP contribution in [0.25, 0.3) is 0 Å². The van der Waals surface area contributed by atoms with Crippen molar-refractivity contribution in [3.8, 4) is 5.75 Å². The molecule has 1 N–H and O–H groups in total. The third-order valence-electron chi connectivity index (χ3n) is 3.75. The predicted octanol–water partition coefficient (Wildman–Crippen LogP) is 2.67. The number of nitrogens with one attached hydrogen (secondary N) is 1. The van der Waals surface area contributed by atoms with Gasteiger partial charge in [0.05, 0.1) is 7.11 Å². The third-order valence-corrected chi connectivity index (χ3v) is 4.24. The van der Waals surface area contributed by atoms with Gasteiger partial charge in [0.1, 0.15) is 5.75 Å². The number of methoxy groups -OCH3 is 1. The first-order valence-electron chi connectivity index (χ1n) is 6.35. The van der Waals surface area contributed by atoms with Crippen LogP contribution in [-0.2, 0) is 0 Å². The average molecular weight is 313 g/mol. The highest BCUT2D eigenvalue weighted by molar-refractivity contribution is 9.10. The summed E-state index contributed by atoms with van der Waals surface area (Å²) in [5.41, 5.74) is 1.28. The fraction of sp³-hybridized carbons (Fsp3) is 0.571. The lowest BCUT2D eigenvalue weighted by atomic mass is 9.93. The number of benzene rings is 1. The molecule has 2 unspecified atom stereocenters. The van der Waals surface area contributed by atoms with Crippen molar-refractivity contribution in [2.75, 3.05) is 34.3 Å². The Morgan fingerprint density at radius 3 is 2.94 bits per heavy atom. The van der Waals surface area contributed by atoms with Crippen LogP contribution in [0.1, 0.15) is 18.0 Å². The molecule has 1 fully saturated rings. The maximum absolute atomic E-state index is 5.52. The molecule has 3 nitrogen and oxygen atoms in total. The van der Waals surface area contributed by atoms with Gasteiger partial charge < -0.3 is 10.1 Å². The van der Waals surface area contributed by atoms with Crippen LogP contribution in [0, 0.1) is 5.92 Å². The molecule has 0 saturated carbocycles. The van der Waals surface area contributed by atoms with Gasteiger partial charge in [0, 0.05) is 16.1 Å². The first kappa shape index (κ1) is 13.8. The van der Waals surface area contributed by atoms with Gasteiger partial charge in [-0.3, -0.25) is 4.90 Å². The molecule has 100 valence electrons. The molecular weight excluding hydrogens is 292 g/mol. The predicted molar refractivity (Wildman–Crippen MR) is 78.1 cm³/mol. The van der Waals surface area contributed by atoms with Gasteiger partial charge in [-0.05, 0) is 57.7 Å². The molecule has 1 saturated heterocycles. The highest BCUT2D eigenvalue weighted by atomic mass is 79.9. The summed E-state index contributed by atoms with van der Waals surface area (Å²) in [6.45, 7) is 2.19. The van der Waals surface area contributed by atoms with E-state index in [1.807, 2.05) is 19.2 Å². The Hall–Kier alpha value is -0.580. The lowest BCUT2D eigenvalue weighted by Gasteiger charge is -2.27. The van der Waals surface area contributed by atoms with Crippen molar-refractivity contribution in [3.63, 3.8) is 0 Å². The summed E-state index contributed by atoms with van der Waals surface area (Å²) in [6.07, 6.45) is 1.23. The molecule has 1 aromatic carbocycles. The van der Waals surface area contributed by atoms with Crippen molar-refractivity contribution in [1.82, 2.24) is 10.2 Å². The monoisotopic (exact) mass is 312 g/mol. The second-order valence-electron chi connectivity index (χ2n) is 4.92. The lowest BCUT2D eigenvalue weighted by molar-refractivity contribution is 0.265. The molecule has 2 atom stereocenters. The molecule has 0 bridgehead atoms. The van der Waals surface area contributed by atoms with E-state index >= 15 is 0 Å². The van der Waals surface area contributed by atoms with Gasteiger partial charge in [-0.15, -0.1) is 0 Å². The van der Waals surface area contributed by atoms with E-state index in [-0.39, 0.29) is 0 Å². The summed E-state index contributed by atoms with van der Waals surface area (Å²) in [5, 5.41) is 3.30. The van der Waals surface area contributed by atoms with E-state index in [4.69, 9.17) is 4.74 Å². The van der Waals surface area contributed by atoms with Crippen LogP contribution in [0.15, 0.2) is 22.7 Å². The molecule has 1 aliphatic heterocycles. The Bertz CT molecular complexity index is 409. The van der Waals surface area contributed by atoms with Crippen molar-refractivity contribution in [2.24, 2.45) is 5.92 Å². The van der Waals surface area contributed by atoms with E-state index in [2.05, 4.69) is 39.3 Å². The van der Waals surface area contributed by atoms with Gasteiger partial charge in [0.15, 0.2) is 0 Å². The lowest BCUT2D eigenvalue weighted by Crippen LogP contribution is -2.27. The molecule has 0 radical (unpaired) electrons. The van der Waals surface area contributed by atoms with E-state index in [0.29, 0.717) is 12.0 Å². The number of hydrogen-bond acceptors (Lipinski definition) is 3. The highest BCUT2D eigenvalue weighted by Gasteiger charge is 2.34. The normalized spacial score (nSPS) is 24.4. The van der Waals surface area contributed by atoms with E-state index in [1.165, 1.54) is 12.0 Å². The maximum atomic E-state index is 5.52. The molecule has 0 aliphatic carbocycles. The minimum absolute atomic E-state index is 0.435. The minimum Gasteiger partial charge on any atom is -0.496 e. The van der Waals surface area contributed by atoms with Gasteiger partial charge in [-0.2, -0.15) is 0 Å². The largest absolute Gasteiger partial charge is 0.496 e. The van der Waals surface area contributed by atoms with Crippen LogP contribution < -0.4 is 10.1 Å². The summed E-state index contributed by atoms with van der Waals surface area (Å²) in [7, 11) is 5.96. The Morgan fingerprint density at radius 2 is 2.28 bits per heavy atom. The molecule has 18 heavy (non-hydrogen) atoms. The smallest absolute Gasteiger partial charge is 0.123 e. The van der Waals surface area contributed by atoms with Crippen molar-refractivity contribution in [3.05, 3.63) is 28.2 Å². The molecule has 0 aromatic heterocycles. The number of nitrogens with zero attached hydrogens (tertiary/aromatic N) is 1. The van der Waals surface area contributed by atoms with Crippen LogP contribution in [0.2, 0.25) is 0 Å². The van der Waals surface area contributed by atoms with Crippen LogP contribution in [0.4, 0.5) is 0 Å². The van der Waals surface area contributed by atoms with Gasteiger partial charge >= 0.3 is 0 Å². The van der Waals surface area contributed by atoms with Crippen LogP contribution in [-0.4, -0.2) is 39.2 Å². The zero-order valence-corrected chi connectivity index (χ0v) is 12.8. The van der Waals surface area contributed by atoms with Crippen molar-refractivity contribution in [1.29, 1.82) is 0 Å². The van der Waals surface area contributed by atoms with Crippen molar-refractivity contribution in [2.45, 2.75) is 12.5 Å². The van der Waals surface area contributed by atoms with Crippen molar-refractivity contribution >= 4 is 15.9 Å². The Morgan fingerprint density at radius 1 is 1.50 bits per heavy atom. The quantitative estimate of drug-likeness (QED) is 0.925. The van der Waals surface area contributed by atoms with E-state index in [0.717, 1.165) is 23.3 Å². The fourth-order valence-corrected chi connectivity index (χ4v) is 3.31. The van der Waals surface area contributed by atoms with Crippen LogP contribution in [0.3, 0.4) is 0 Å². The Labute approximate surface area is 118 Å². The number of likely N-dealkylation sites (tertiary alicyclic amines) is 1. The zero-order chi connectivity index (χ0) is 13.1. The van der Waals surface area contributed by atoms with Gasteiger partial charge in [0.2, 0.25) is 0 Å². The van der Waals surface area contributed by atoms with Gasteiger partial charge in [0.25, 0.3) is 0 Å². The summed E-state index contributed by atoms with van der Waals surface area (Å²) in [6, 6.07) is 6.70. The zero-order valence-electron chi connectivity index (χ0n) is 11.2. The first-order valence-corrected chi connectivity index (χ1v) is 7.15. The van der Waals surface area contributed by atoms with Crippen LogP contribution in [0.5, 0.6) is 5.75 Å². The summed E-state index contributed by atoms with van der Waals surface area (Å²) >= 11 is 3.56. The van der Waals surface area contributed by atoms with Gasteiger partial charge in [-0.1, -0.05) is 15.9 Å². The highest BCUT2D eigenvalue weighted by Crippen LogP contribution is 2.40. The molecule has 1 aliphatic rings. The standard InChI is InChI=1S/C14H21BrN2O/c1-16-9-10-6-7-17(2)14(10)12-8-11(15)4-5-13(12)18-3/h4-5,8,10,14,16H,6-7,9H2,1-3H3. The molecule has 4 heteroatoms. The number of rotatable bonds is 4. The second kappa shape index (κ2) is 6.04. The molecule has 1 aromatic rings. The fourth-order valence-electron chi connectivity index (χ4n) is 2.93. The minimum atomic E-state index is 0.435. The molecule has 2 rings (SSSR count). The Balaban J connectivity index is 2.35. The Kier molecular flexibility index (Phi) is 4.65. The number of hydrogen-bond donors (Lipinski definition) is 1. The first-order chi connectivity index (χ1) is 8.67.